The fourth-order valence-electron chi connectivity index (χ4n) is 1.48. The summed E-state index contributed by atoms with van der Waals surface area (Å²) in [7, 11) is 2.01. The van der Waals surface area contributed by atoms with Gasteiger partial charge in [0.2, 0.25) is 0 Å². The van der Waals surface area contributed by atoms with Crippen LogP contribution in [0.2, 0.25) is 0 Å². The second-order valence-electron chi connectivity index (χ2n) is 3.19. The van der Waals surface area contributed by atoms with Gasteiger partial charge in [0.05, 0.1) is 0 Å². The van der Waals surface area contributed by atoms with Gasteiger partial charge in [-0.2, -0.15) is 0 Å². The maximum absolute atomic E-state index is 11.2. The normalized spacial score (nSPS) is 27.5. The van der Waals surface area contributed by atoms with Crippen molar-refractivity contribution in [2.24, 2.45) is 5.92 Å². The van der Waals surface area contributed by atoms with Gasteiger partial charge in [0.25, 0.3) is 0 Å². The van der Waals surface area contributed by atoms with Crippen LogP contribution in [0.25, 0.3) is 0 Å². The Bertz CT molecular complexity index is 147. The molecular formula is C8H15NO2. The number of aliphatic hydroxyl groups excluding tert-OH is 1. The molecule has 0 bridgehead atoms. The molecule has 1 N–H and O–H groups in total. The lowest BCUT2D eigenvalue weighted by Crippen LogP contribution is -2.38. The van der Waals surface area contributed by atoms with Crippen molar-refractivity contribution in [3.63, 3.8) is 0 Å². The largest absolute Gasteiger partial charge is 0.396 e. The molecule has 1 fully saturated rings. The Balaban J connectivity index is 2.40. The topological polar surface area (TPSA) is 40.5 Å². The first-order valence-electron chi connectivity index (χ1n) is 4.06. The monoisotopic (exact) mass is 157 g/mol. The van der Waals surface area contributed by atoms with Crippen LogP contribution in [0.4, 0.5) is 0 Å². The minimum atomic E-state index is 0.0822. The molecule has 1 aliphatic rings. The number of Topliss-reactive ketones (excluding diaryl/α,β-unsaturated/α-hetero) is 1. The Kier molecular flexibility index (Phi) is 3.02. The molecule has 0 aromatic carbocycles. The highest BCUT2D eigenvalue weighted by Crippen LogP contribution is 2.13. The number of rotatable bonds is 2. The third kappa shape index (κ3) is 2.27. The molecule has 0 amide bonds. The average molecular weight is 157 g/mol. The van der Waals surface area contributed by atoms with Gasteiger partial charge in [0, 0.05) is 32.0 Å². The van der Waals surface area contributed by atoms with E-state index in [-0.39, 0.29) is 12.5 Å². The van der Waals surface area contributed by atoms with E-state index in [9.17, 15) is 4.79 Å². The van der Waals surface area contributed by atoms with Crippen molar-refractivity contribution in [2.75, 3.05) is 26.7 Å². The van der Waals surface area contributed by atoms with Crippen LogP contribution < -0.4 is 0 Å². The van der Waals surface area contributed by atoms with Crippen molar-refractivity contribution in [1.82, 2.24) is 4.90 Å². The number of likely N-dealkylation sites (tertiary alicyclic amines) is 1. The van der Waals surface area contributed by atoms with Crippen LogP contribution in [0.5, 0.6) is 0 Å². The van der Waals surface area contributed by atoms with Crippen molar-refractivity contribution in [2.45, 2.75) is 12.8 Å². The van der Waals surface area contributed by atoms with Crippen molar-refractivity contribution < 1.29 is 9.90 Å². The molecule has 64 valence electrons. The number of hydrogen-bond acceptors (Lipinski definition) is 3. The third-order valence-electron chi connectivity index (χ3n) is 2.20. The standard InChI is InChI=1S/C8H15NO2/c1-9-4-2-8(11)7(6-9)3-5-10/h7,10H,2-6H2,1H3/t7-/m1/s1. The SMILES string of the molecule is CN1CCC(=O)[C@H](CCO)C1. The molecule has 1 atom stereocenters. The molecule has 0 saturated carbocycles. The molecule has 0 aliphatic carbocycles. The first-order valence-corrected chi connectivity index (χ1v) is 4.06. The van der Waals surface area contributed by atoms with E-state index in [2.05, 4.69) is 4.90 Å². The van der Waals surface area contributed by atoms with Gasteiger partial charge < -0.3 is 10.0 Å². The van der Waals surface area contributed by atoms with E-state index in [4.69, 9.17) is 5.11 Å². The lowest BCUT2D eigenvalue weighted by Gasteiger charge is -2.27. The van der Waals surface area contributed by atoms with Crippen LogP contribution in [-0.4, -0.2) is 42.5 Å². The molecule has 0 radical (unpaired) electrons. The minimum Gasteiger partial charge on any atom is -0.396 e. The molecular weight excluding hydrogens is 142 g/mol. The van der Waals surface area contributed by atoms with Gasteiger partial charge in [-0.25, -0.2) is 0 Å². The highest BCUT2D eigenvalue weighted by molar-refractivity contribution is 5.82. The average Bonchev–Trinajstić information content (AvgIpc) is 1.98. The lowest BCUT2D eigenvalue weighted by molar-refractivity contribution is -0.126. The van der Waals surface area contributed by atoms with Gasteiger partial charge in [0.1, 0.15) is 5.78 Å². The Morgan fingerprint density at radius 1 is 1.73 bits per heavy atom. The maximum Gasteiger partial charge on any atom is 0.138 e. The van der Waals surface area contributed by atoms with E-state index < -0.39 is 0 Å². The van der Waals surface area contributed by atoms with E-state index in [0.29, 0.717) is 18.6 Å². The van der Waals surface area contributed by atoms with Gasteiger partial charge in [-0.1, -0.05) is 0 Å². The summed E-state index contributed by atoms with van der Waals surface area (Å²) in [4.78, 5) is 13.3. The zero-order valence-corrected chi connectivity index (χ0v) is 6.92. The first-order chi connectivity index (χ1) is 5.24. The molecule has 3 heteroatoms. The van der Waals surface area contributed by atoms with Crippen LogP contribution in [0.3, 0.4) is 0 Å². The van der Waals surface area contributed by atoms with Crippen molar-refractivity contribution >= 4 is 5.78 Å². The Labute approximate surface area is 67.0 Å². The minimum absolute atomic E-state index is 0.0822. The summed E-state index contributed by atoms with van der Waals surface area (Å²) in [5.41, 5.74) is 0. The highest BCUT2D eigenvalue weighted by atomic mass is 16.3. The van der Waals surface area contributed by atoms with E-state index in [1.165, 1.54) is 0 Å². The summed E-state index contributed by atoms with van der Waals surface area (Å²) in [5, 5.41) is 8.65. The second-order valence-corrected chi connectivity index (χ2v) is 3.19. The van der Waals surface area contributed by atoms with Crippen LogP contribution in [0, 0.1) is 5.92 Å². The summed E-state index contributed by atoms with van der Waals surface area (Å²) >= 11 is 0. The molecule has 11 heavy (non-hydrogen) atoms. The molecule has 0 unspecified atom stereocenters. The number of piperidine rings is 1. The molecule has 0 spiro atoms. The first kappa shape index (κ1) is 8.68. The smallest absolute Gasteiger partial charge is 0.138 e. The van der Waals surface area contributed by atoms with Crippen molar-refractivity contribution in [3.05, 3.63) is 0 Å². The molecule has 1 aliphatic heterocycles. The van der Waals surface area contributed by atoms with Gasteiger partial charge in [-0.15, -0.1) is 0 Å². The quantitative estimate of drug-likeness (QED) is 0.608. The molecule has 1 heterocycles. The Morgan fingerprint density at radius 2 is 2.45 bits per heavy atom. The number of aliphatic hydroxyl groups is 1. The van der Waals surface area contributed by atoms with E-state index in [1.54, 1.807) is 0 Å². The van der Waals surface area contributed by atoms with Crippen LogP contribution in [0.1, 0.15) is 12.8 Å². The number of hydrogen-bond donors (Lipinski definition) is 1. The fourth-order valence-corrected chi connectivity index (χ4v) is 1.48. The molecule has 1 rings (SSSR count). The summed E-state index contributed by atoms with van der Waals surface area (Å²) in [6.45, 7) is 1.82. The predicted molar refractivity (Wildman–Crippen MR) is 42.3 cm³/mol. The van der Waals surface area contributed by atoms with Crippen LogP contribution >= 0.6 is 0 Å². The summed E-state index contributed by atoms with van der Waals surface area (Å²) in [6, 6.07) is 0. The second kappa shape index (κ2) is 3.83. The number of ketones is 1. The Hall–Kier alpha value is -0.410. The van der Waals surface area contributed by atoms with Gasteiger partial charge in [-0.3, -0.25) is 4.79 Å². The van der Waals surface area contributed by atoms with Gasteiger partial charge in [0.15, 0.2) is 0 Å². The molecule has 0 aromatic heterocycles. The lowest BCUT2D eigenvalue weighted by atomic mass is 9.94. The van der Waals surface area contributed by atoms with Crippen LogP contribution in [0.15, 0.2) is 0 Å². The van der Waals surface area contributed by atoms with Gasteiger partial charge in [-0.05, 0) is 13.5 Å². The number of nitrogens with zero attached hydrogens (tertiary/aromatic N) is 1. The maximum atomic E-state index is 11.2. The summed E-state index contributed by atoms with van der Waals surface area (Å²) in [5.74, 6) is 0.399. The fraction of sp³-hybridized carbons (Fsp3) is 0.875. The number of carbonyl (C=O) groups excluding carboxylic acids is 1. The molecule has 3 nitrogen and oxygen atoms in total. The number of carbonyl (C=O) groups is 1. The predicted octanol–water partition coefficient (Wildman–Crippen LogP) is -0.110. The van der Waals surface area contributed by atoms with Gasteiger partial charge >= 0.3 is 0 Å². The van der Waals surface area contributed by atoms with Crippen molar-refractivity contribution in [3.8, 4) is 0 Å². The molecule has 0 aromatic rings. The van der Waals surface area contributed by atoms with E-state index >= 15 is 0 Å². The van der Waals surface area contributed by atoms with Crippen molar-refractivity contribution in [1.29, 1.82) is 0 Å². The Morgan fingerprint density at radius 3 is 3.09 bits per heavy atom. The van der Waals surface area contributed by atoms with Crippen LogP contribution in [-0.2, 0) is 4.79 Å². The highest BCUT2D eigenvalue weighted by Gasteiger charge is 2.24. The third-order valence-corrected chi connectivity index (χ3v) is 2.20. The summed E-state index contributed by atoms with van der Waals surface area (Å²) in [6.07, 6.45) is 1.28. The molecule has 1 saturated heterocycles. The zero-order valence-electron chi connectivity index (χ0n) is 6.92. The summed E-state index contributed by atoms with van der Waals surface area (Å²) < 4.78 is 0. The van der Waals surface area contributed by atoms with E-state index in [0.717, 1.165) is 13.1 Å². The van der Waals surface area contributed by atoms with E-state index in [1.807, 2.05) is 7.05 Å². The zero-order chi connectivity index (χ0) is 8.27.